The van der Waals surface area contributed by atoms with Gasteiger partial charge in [-0.25, -0.2) is 0 Å². The maximum Gasteiger partial charge on any atom is 0.169 e. The summed E-state index contributed by atoms with van der Waals surface area (Å²) >= 11 is 3.36. The van der Waals surface area contributed by atoms with Gasteiger partial charge in [0.2, 0.25) is 0 Å². The highest BCUT2D eigenvalue weighted by Gasteiger charge is 2.49. The number of hydrogen-bond donors (Lipinski definition) is 1. The average molecular weight is 299 g/mol. The number of hydrogen-bond acceptors (Lipinski definition) is 3. The van der Waals surface area contributed by atoms with Crippen LogP contribution in [0.4, 0.5) is 0 Å². The highest BCUT2D eigenvalue weighted by atomic mass is 79.9. The molecule has 0 spiro atoms. The number of halogens is 1. The normalized spacial score (nSPS) is 31.9. The van der Waals surface area contributed by atoms with Gasteiger partial charge in [0.15, 0.2) is 4.67 Å². The van der Waals surface area contributed by atoms with Crippen LogP contribution >= 0.6 is 15.9 Å². The molecule has 0 aliphatic carbocycles. The molecular weight excluding hydrogens is 280 g/mol. The Kier molecular flexibility index (Phi) is 2.84. The minimum absolute atomic E-state index is 0.271. The van der Waals surface area contributed by atoms with Gasteiger partial charge in [0, 0.05) is 18.6 Å². The van der Waals surface area contributed by atoms with Crippen LogP contribution in [0.2, 0.25) is 0 Å². The molecule has 94 valence electrons. The molecule has 0 radical (unpaired) electrons. The van der Waals surface area contributed by atoms with Crippen LogP contribution in [0.5, 0.6) is 0 Å². The maximum absolute atomic E-state index is 5.62. The van der Waals surface area contributed by atoms with Crippen molar-refractivity contribution in [2.24, 2.45) is 11.8 Å². The minimum atomic E-state index is 0.271. The molecule has 2 aliphatic rings. The first-order chi connectivity index (χ1) is 8.07. The zero-order chi connectivity index (χ0) is 12.0. The van der Waals surface area contributed by atoms with Crippen molar-refractivity contribution >= 4 is 15.9 Å². The lowest BCUT2D eigenvalue weighted by Crippen LogP contribution is -2.43. The Morgan fingerprint density at radius 3 is 2.94 bits per heavy atom. The Morgan fingerprint density at radius 2 is 2.29 bits per heavy atom. The van der Waals surface area contributed by atoms with Gasteiger partial charge in [0.05, 0.1) is 6.54 Å². The van der Waals surface area contributed by atoms with E-state index < -0.39 is 0 Å². The molecule has 0 saturated carbocycles. The molecule has 17 heavy (non-hydrogen) atoms. The predicted molar refractivity (Wildman–Crippen MR) is 70.7 cm³/mol. The summed E-state index contributed by atoms with van der Waals surface area (Å²) in [5.41, 5.74) is 0.271. The summed E-state index contributed by atoms with van der Waals surface area (Å²) in [6, 6.07) is 4.04. The molecule has 0 bridgehead atoms. The van der Waals surface area contributed by atoms with Crippen molar-refractivity contribution in [3.8, 4) is 0 Å². The van der Waals surface area contributed by atoms with Crippen molar-refractivity contribution < 1.29 is 4.42 Å². The average Bonchev–Trinajstić information content (AvgIpc) is 2.90. The second-order valence-corrected chi connectivity index (χ2v) is 6.55. The highest BCUT2D eigenvalue weighted by molar-refractivity contribution is 9.10. The van der Waals surface area contributed by atoms with Crippen molar-refractivity contribution in [3.63, 3.8) is 0 Å². The van der Waals surface area contributed by atoms with E-state index in [1.807, 2.05) is 6.07 Å². The summed E-state index contributed by atoms with van der Waals surface area (Å²) in [4.78, 5) is 2.56. The van der Waals surface area contributed by atoms with Crippen molar-refractivity contribution in [2.75, 3.05) is 19.6 Å². The topological polar surface area (TPSA) is 28.4 Å². The molecule has 1 aromatic rings. The first-order valence-corrected chi connectivity index (χ1v) is 7.06. The smallest absolute Gasteiger partial charge is 0.169 e. The molecular formula is C13H19BrN2O. The standard InChI is InChI=1S/C13H19BrN2O/c1-13(2)11-6-15-5-9(11)7-16(13)8-10-3-4-12(14)17-10/h3-4,9,11,15H,5-8H2,1-2H3. The Hall–Kier alpha value is -0.320. The minimum Gasteiger partial charge on any atom is -0.453 e. The SMILES string of the molecule is CC1(C)C2CNCC2CN1Cc1ccc(Br)o1. The Labute approximate surface area is 111 Å². The fraction of sp³-hybridized carbons (Fsp3) is 0.692. The maximum atomic E-state index is 5.62. The van der Waals surface area contributed by atoms with Crippen molar-refractivity contribution in [1.82, 2.24) is 10.2 Å². The van der Waals surface area contributed by atoms with E-state index in [-0.39, 0.29) is 5.54 Å². The van der Waals surface area contributed by atoms with Gasteiger partial charge < -0.3 is 9.73 Å². The fourth-order valence-electron chi connectivity index (χ4n) is 3.40. The van der Waals surface area contributed by atoms with Gasteiger partial charge >= 0.3 is 0 Å². The molecule has 1 N–H and O–H groups in total. The van der Waals surface area contributed by atoms with Gasteiger partial charge in [0.25, 0.3) is 0 Å². The summed E-state index contributed by atoms with van der Waals surface area (Å²) in [6.45, 7) is 9.17. The van der Waals surface area contributed by atoms with Crippen LogP contribution in [0.15, 0.2) is 21.2 Å². The largest absolute Gasteiger partial charge is 0.453 e. The van der Waals surface area contributed by atoms with E-state index >= 15 is 0 Å². The molecule has 0 amide bonds. The van der Waals surface area contributed by atoms with E-state index in [0.717, 1.165) is 35.4 Å². The molecule has 3 heterocycles. The lowest BCUT2D eigenvalue weighted by atomic mass is 9.85. The highest BCUT2D eigenvalue weighted by Crippen LogP contribution is 2.41. The number of fused-ring (bicyclic) bond motifs is 1. The van der Waals surface area contributed by atoms with Crippen LogP contribution in [0.25, 0.3) is 0 Å². The molecule has 2 aliphatic heterocycles. The summed E-state index contributed by atoms with van der Waals surface area (Å²) in [7, 11) is 0. The van der Waals surface area contributed by atoms with E-state index in [1.165, 1.54) is 13.1 Å². The molecule has 2 unspecified atom stereocenters. The lowest BCUT2D eigenvalue weighted by Gasteiger charge is -2.35. The molecule has 3 nitrogen and oxygen atoms in total. The van der Waals surface area contributed by atoms with Crippen LogP contribution in [-0.2, 0) is 6.54 Å². The van der Waals surface area contributed by atoms with Gasteiger partial charge in [0.1, 0.15) is 5.76 Å². The molecule has 0 aromatic carbocycles. The first-order valence-electron chi connectivity index (χ1n) is 6.27. The van der Waals surface area contributed by atoms with E-state index in [1.54, 1.807) is 0 Å². The number of likely N-dealkylation sites (tertiary alicyclic amines) is 1. The van der Waals surface area contributed by atoms with Crippen LogP contribution in [0, 0.1) is 11.8 Å². The van der Waals surface area contributed by atoms with E-state index in [2.05, 4.69) is 46.1 Å². The van der Waals surface area contributed by atoms with Gasteiger partial charge in [-0.05, 0) is 60.3 Å². The Balaban J connectivity index is 1.76. The predicted octanol–water partition coefficient (Wildman–Crippen LogP) is 2.47. The number of furan rings is 1. The van der Waals surface area contributed by atoms with E-state index in [9.17, 15) is 0 Å². The lowest BCUT2D eigenvalue weighted by molar-refractivity contribution is 0.122. The molecule has 2 saturated heterocycles. The van der Waals surface area contributed by atoms with Gasteiger partial charge in [-0.1, -0.05) is 0 Å². The second-order valence-electron chi connectivity index (χ2n) is 5.76. The molecule has 2 atom stereocenters. The summed E-state index contributed by atoms with van der Waals surface area (Å²) in [6.07, 6.45) is 0. The second kappa shape index (κ2) is 4.11. The summed E-state index contributed by atoms with van der Waals surface area (Å²) < 4.78 is 6.45. The summed E-state index contributed by atoms with van der Waals surface area (Å²) in [5.74, 6) is 2.64. The molecule has 3 rings (SSSR count). The van der Waals surface area contributed by atoms with Gasteiger partial charge in [-0.3, -0.25) is 4.90 Å². The monoisotopic (exact) mass is 298 g/mol. The van der Waals surface area contributed by atoms with Crippen LogP contribution < -0.4 is 5.32 Å². The number of nitrogens with one attached hydrogen (secondary N) is 1. The fourth-order valence-corrected chi connectivity index (χ4v) is 3.74. The first kappa shape index (κ1) is 11.8. The molecule has 2 fully saturated rings. The van der Waals surface area contributed by atoms with Crippen molar-refractivity contribution in [2.45, 2.75) is 25.9 Å². The van der Waals surface area contributed by atoms with E-state index in [4.69, 9.17) is 4.42 Å². The van der Waals surface area contributed by atoms with E-state index in [0.29, 0.717) is 0 Å². The zero-order valence-electron chi connectivity index (χ0n) is 10.4. The molecule has 4 heteroatoms. The Morgan fingerprint density at radius 1 is 1.47 bits per heavy atom. The van der Waals surface area contributed by atoms with Gasteiger partial charge in [-0.15, -0.1) is 0 Å². The Bertz CT molecular complexity index is 415. The van der Waals surface area contributed by atoms with Crippen molar-refractivity contribution in [1.29, 1.82) is 0 Å². The van der Waals surface area contributed by atoms with Crippen molar-refractivity contribution in [3.05, 3.63) is 22.6 Å². The van der Waals surface area contributed by atoms with Crippen LogP contribution in [-0.4, -0.2) is 30.1 Å². The number of rotatable bonds is 2. The third kappa shape index (κ3) is 1.96. The van der Waals surface area contributed by atoms with Crippen LogP contribution in [0.1, 0.15) is 19.6 Å². The third-order valence-electron chi connectivity index (χ3n) is 4.49. The molecule has 1 aromatic heterocycles. The third-order valence-corrected chi connectivity index (χ3v) is 4.92. The number of nitrogens with zero attached hydrogens (tertiary/aromatic N) is 1. The zero-order valence-corrected chi connectivity index (χ0v) is 12.0. The van der Waals surface area contributed by atoms with Crippen LogP contribution in [0.3, 0.4) is 0 Å². The van der Waals surface area contributed by atoms with Gasteiger partial charge in [-0.2, -0.15) is 0 Å². The summed E-state index contributed by atoms with van der Waals surface area (Å²) in [5, 5.41) is 3.51. The quantitative estimate of drug-likeness (QED) is 0.909.